The molecule has 0 aliphatic carbocycles. The van der Waals surface area contributed by atoms with Crippen LogP contribution < -0.4 is 5.32 Å². The van der Waals surface area contributed by atoms with Gasteiger partial charge in [-0.15, -0.1) is 6.42 Å². The summed E-state index contributed by atoms with van der Waals surface area (Å²) < 4.78 is 5.16. The van der Waals surface area contributed by atoms with Gasteiger partial charge < -0.3 is 9.73 Å². The highest BCUT2D eigenvalue weighted by atomic mass is 16.3. The monoisotopic (exact) mass is 239 g/mol. The largest absolute Gasteiger partial charge is 0.469 e. The number of anilines is 1. The van der Waals surface area contributed by atoms with E-state index < -0.39 is 0 Å². The fourth-order valence-electron chi connectivity index (χ4n) is 1.60. The van der Waals surface area contributed by atoms with E-state index in [1.165, 1.54) is 0 Å². The molecule has 0 aliphatic rings. The number of terminal acetylenes is 1. The SMILES string of the molecule is C#Cc1cccc(NC(=O)CCc2ccco2)c1. The number of carbonyl (C=O) groups is 1. The number of amides is 1. The highest BCUT2D eigenvalue weighted by molar-refractivity contribution is 5.90. The van der Waals surface area contributed by atoms with Gasteiger partial charge in [0.15, 0.2) is 0 Å². The van der Waals surface area contributed by atoms with Crippen molar-refractivity contribution in [2.75, 3.05) is 5.32 Å². The molecule has 0 radical (unpaired) electrons. The quantitative estimate of drug-likeness (QED) is 0.833. The zero-order chi connectivity index (χ0) is 12.8. The molecule has 3 nitrogen and oxygen atoms in total. The zero-order valence-corrected chi connectivity index (χ0v) is 9.85. The molecule has 90 valence electrons. The fourth-order valence-corrected chi connectivity index (χ4v) is 1.60. The average Bonchev–Trinajstić information content (AvgIpc) is 2.90. The van der Waals surface area contributed by atoms with E-state index in [2.05, 4.69) is 11.2 Å². The maximum Gasteiger partial charge on any atom is 0.224 e. The van der Waals surface area contributed by atoms with Gasteiger partial charge in [-0.2, -0.15) is 0 Å². The normalized spacial score (nSPS) is 9.72. The van der Waals surface area contributed by atoms with Gasteiger partial charge in [0.1, 0.15) is 5.76 Å². The van der Waals surface area contributed by atoms with Crippen LogP contribution in [-0.4, -0.2) is 5.91 Å². The molecule has 1 aromatic heterocycles. The molecule has 18 heavy (non-hydrogen) atoms. The predicted octanol–water partition coefficient (Wildman–Crippen LogP) is 2.83. The van der Waals surface area contributed by atoms with Crippen molar-refractivity contribution >= 4 is 11.6 Å². The maximum atomic E-state index is 11.7. The van der Waals surface area contributed by atoms with Crippen LogP contribution in [0.1, 0.15) is 17.7 Å². The molecule has 0 atom stereocenters. The van der Waals surface area contributed by atoms with Gasteiger partial charge in [0.2, 0.25) is 5.91 Å². The first-order valence-electron chi connectivity index (χ1n) is 5.67. The summed E-state index contributed by atoms with van der Waals surface area (Å²) in [5.74, 6) is 3.28. The minimum Gasteiger partial charge on any atom is -0.469 e. The van der Waals surface area contributed by atoms with Crippen molar-refractivity contribution in [3.63, 3.8) is 0 Å². The van der Waals surface area contributed by atoms with Crippen LogP contribution in [0.25, 0.3) is 0 Å². The summed E-state index contributed by atoms with van der Waals surface area (Å²) in [4.78, 5) is 11.7. The molecule has 1 N–H and O–H groups in total. The summed E-state index contributed by atoms with van der Waals surface area (Å²) in [5.41, 5.74) is 1.47. The lowest BCUT2D eigenvalue weighted by atomic mass is 10.2. The number of furan rings is 1. The first kappa shape index (κ1) is 12.0. The van der Waals surface area contributed by atoms with Crippen LogP contribution in [0.15, 0.2) is 47.1 Å². The third-order valence-corrected chi connectivity index (χ3v) is 2.49. The Morgan fingerprint density at radius 3 is 2.94 bits per heavy atom. The van der Waals surface area contributed by atoms with Crippen molar-refractivity contribution in [3.8, 4) is 12.3 Å². The summed E-state index contributed by atoms with van der Waals surface area (Å²) in [6.45, 7) is 0. The van der Waals surface area contributed by atoms with Crippen molar-refractivity contribution in [1.29, 1.82) is 0 Å². The van der Waals surface area contributed by atoms with E-state index in [9.17, 15) is 4.79 Å². The molecule has 0 aliphatic heterocycles. The number of carbonyl (C=O) groups excluding carboxylic acids is 1. The second-order valence-corrected chi connectivity index (χ2v) is 3.85. The third-order valence-electron chi connectivity index (χ3n) is 2.49. The molecule has 1 heterocycles. The summed E-state index contributed by atoms with van der Waals surface area (Å²) in [6.07, 6.45) is 7.87. The number of nitrogens with one attached hydrogen (secondary N) is 1. The molecule has 0 saturated carbocycles. The summed E-state index contributed by atoms with van der Waals surface area (Å²) in [5, 5.41) is 2.80. The molecule has 0 bridgehead atoms. The van der Waals surface area contributed by atoms with E-state index in [1.807, 2.05) is 30.3 Å². The van der Waals surface area contributed by atoms with Gasteiger partial charge in [-0.05, 0) is 30.3 Å². The van der Waals surface area contributed by atoms with E-state index in [4.69, 9.17) is 10.8 Å². The fraction of sp³-hybridized carbons (Fsp3) is 0.133. The molecule has 0 fully saturated rings. The molecule has 0 unspecified atom stereocenters. The highest BCUT2D eigenvalue weighted by Crippen LogP contribution is 2.11. The first-order chi connectivity index (χ1) is 8.78. The highest BCUT2D eigenvalue weighted by Gasteiger charge is 2.04. The Bertz CT molecular complexity index is 564. The minimum absolute atomic E-state index is 0.0550. The van der Waals surface area contributed by atoms with Gasteiger partial charge >= 0.3 is 0 Å². The number of rotatable bonds is 4. The summed E-state index contributed by atoms with van der Waals surface area (Å²) in [7, 11) is 0. The Hall–Kier alpha value is -2.47. The number of aryl methyl sites for hydroxylation is 1. The second kappa shape index (κ2) is 5.74. The molecule has 0 saturated heterocycles. The lowest BCUT2D eigenvalue weighted by molar-refractivity contribution is -0.116. The van der Waals surface area contributed by atoms with E-state index in [-0.39, 0.29) is 5.91 Å². The van der Waals surface area contributed by atoms with Gasteiger partial charge in [0, 0.05) is 24.1 Å². The molecule has 2 aromatic rings. The van der Waals surface area contributed by atoms with Crippen LogP contribution in [0, 0.1) is 12.3 Å². The van der Waals surface area contributed by atoms with Crippen LogP contribution in [0.2, 0.25) is 0 Å². The molecule has 3 heteroatoms. The Balaban J connectivity index is 1.89. The van der Waals surface area contributed by atoms with Crippen LogP contribution >= 0.6 is 0 Å². The molecule has 1 aromatic carbocycles. The van der Waals surface area contributed by atoms with Crippen molar-refractivity contribution in [3.05, 3.63) is 54.0 Å². The van der Waals surface area contributed by atoms with Crippen LogP contribution in [-0.2, 0) is 11.2 Å². The molecular formula is C15H13NO2. The molecule has 1 amide bonds. The van der Waals surface area contributed by atoms with Gasteiger partial charge in [-0.3, -0.25) is 4.79 Å². The number of hydrogen-bond donors (Lipinski definition) is 1. The standard InChI is InChI=1S/C15H13NO2/c1-2-12-5-3-6-13(11-12)16-15(17)9-8-14-7-4-10-18-14/h1,3-7,10-11H,8-9H2,(H,16,17). The first-order valence-corrected chi connectivity index (χ1v) is 5.67. The van der Waals surface area contributed by atoms with E-state index in [0.29, 0.717) is 12.8 Å². The Labute approximate surface area is 106 Å². The lowest BCUT2D eigenvalue weighted by Gasteiger charge is -2.04. The third kappa shape index (κ3) is 3.26. The maximum absolute atomic E-state index is 11.7. The predicted molar refractivity (Wildman–Crippen MR) is 70.0 cm³/mol. The molecule has 0 spiro atoms. The van der Waals surface area contributed by atoms with E-state index in [0.717, 1.165) is 17.0 Å². The zero-order valence-electron chi connectivity index (χ0n) is 9.85. The summed E-state index contributed by atoms with van der Waals surface area (Å²) in [6, 6.07) is 10.9. The minimum atomic E-state index is -0.0550. The Morgan fingerprint density at radius 2 is 2.22 bits per heavy atom. The van der Waals surface area contributed by atoms with Crippen LogP contribution in [0.5, 0.6) is 0 Å². The molecule has 2 rings (SSSR count). The molecular weight excluding hydrogens is 226 g/mol. The Morgan fingerprint density at radius 1 is 1.33 bits per heavy atom. The number of benzene rings is 1. The van der Waals surface area contributed by atoms with Gasteiger partial charge in [-0.25, -0.2) is 0 Å². The van der Waals surface area contributed by atoms with E-state index >= 15 is 0 Å². The van der Waals surface area contributed by atoms with Gasteiger partial charge in [0.25, 0.3) is 0 Å². The lowest BCUT2D eigenvalue weighted by Crippen LogP contribution is -2.12. The summed E-state index contributed by atoms with van der Waals surface area (Å²) >= 11 is 0. The Kier molecular flexibility index (Phi) is 3.83. The topological polar surface area (TPSA) is 42.2 Å². The van der Waals surface area contributed by atoms with Crippen molar-refractivity contribution in [2.45, 2.75) is 12.8 Å². The van der Waals surface area contributed by atoms with Crippen LogP contribution in [0.4, 0.5) is 5.69 Å². The van der Waals surface area contributed by atoms with Gasteiger partial charge in [0.05, 0.1) is 6.26 Å². The van der Waals surface area contributed by atoms with Crippen molar-refractivity contribution in [1.82, 2.24) is 0 Å². The van der Waals surface area contributed by atoms with E-state index in [1.54, 1.807) is 12.3 Å². The smallest absolute Gasteiger partial charge is 0.224 e. The van der Waals surface area contributed by atoms with Crippen molar-refractivity contribution < 1.29 is 9.21 Å². The van der Waals surface area contributed by atoms with Crippen molar-refractivity contribution in [2.24, 2.45) is 0 Å². The second-order valence-electron chi connectivity index (χ2n) is 3.85. The average molecular weight is 239 g/mol. The van der Waals surface area contributed by atoms with Crippen LogP contribution in [0.3, 0.4) is 0 Å². The number of hydrogen-bond acceptors (Lipinski definition) is 2. The van der Waals surface area contributed by atoms with Gasteiger partial charge in [-0.1, -0.05) is 12.0 Å².